The number of carbonyl (C=O) groups excluding carboxylic acids is 1. The Labute approximate surface area is 125 Å². The zero-order chi connectivity index (χ0) is 15.4. The molecule has 0 saturated carbocycles. The lowest BCUT2D eigenvalue weighted by Gasteiger charge is -2.15. The lowest BCUT2D eigenvalue weighted by atomic mass is 9.93. The number of amides is 1. The molecule has 0 aliphatic heterocycles. The molecule has 0 radical (unpaired) electrons. The summed E-state index contributed by atoms with van der Waals surface area (Å²) >= 11 is 0. The van der Waals surface area contributed by atoms with Crippen molar-refractivity contribution in [3.8, 4) is 0 Å². The summed E-state index contributed by atoms with van der Waals surface area (Å²) in [7, 11) is 0. The van der Waals surface area contributed by atoms with E-state index in [2.05, 4.69) is 33.0 Å². The van der Waals surface area contributed by atoms with Crippen LogP contribution in [0, 0.1) is 17.8 Å². The lowest BCUT2D eigenvalue weighted by molar-refractivity contribution is -0.121. The average molecular weight is 285 g/mol. The molecule has 0 aromatic rings. The molecule has 2 N–H and O–H groups in total. The van der Waals surface area contributed by atoms with Crippen LogP contribution in [0.5, 0.6) is 0 Å². The number of aliphatic hydroxyl groups is 1. The standard InChI is InChI=1S/C17H35NO2/c1-5-15(4)12-18-17(20)9-7-6-8-16(13-19)11-10-14(2)3/h14-16,19H,5-13H2,1-4H3,(H,18,20). The highest BCUT2D eigenvalue weighted by Gasteiger charge is 2.09. The van der Waals surface area contributed by atoms with Gasteiger partial charge in [-0.15, -0.1) is 0 Å². The molecule has 0 bridgehead atoms. The summed E-state index contributed by atoms with van der Waals surface area (Å²) in [5.41, 5.74) is 0. The molecule has 20 heavy (non-hydrogen) atoms. The van der Waals surface area contributed by atoms with Gasteiger partial charge in [0.15, 0.2) is 0 Å². The van der Waals surface area contributed by atoms with Crippen LogP contribution in [0.3, 0.4) is 0 Å². The van der Waals surface area contributed by atoms with Gasteiger partial charge in [0.2, 0.25) is 5.91 Å². The number of unbranched alkanes of at least 4 members (excludes halogenated alkanes) is 1. The second-order valence-corrected chi connectivity index (χ2v) is 6.58. The summed E-state index contributed by atoms with van der Waals surface area (Å²) in [4.78, 5) is 11.6. The average Bonchev–Trinajstić information content (AvgIpc) is 2.43. The maximum atomic E-state index is 11.6. The summed E-state index contributed by atoms with van der Waals surface area (Å²) < 4.78 is 0. The number of rotatable bonds is 12. The van der Waals surface area contributed by atoms with E-state index < -0.39 is 0 Å². The van der Waals surface area contributed by atoms with Gasteiger partial charge in [0.1, 0.15) is 0 Å². The molecule has 120 valence electrons. The zero-order valence-electron chi connectivity index (χ0n) is 14.0. The Hall–Kier alpha value is -0.570. The molecule has 2 atom stereocenters. The van der Waals surface area contributed by atoms with Crippen molar-refractivity contribution >= 4 is 5.91 Å². The highest BCUT2D eigenvalue weighted by molar-refractivity contribution is 5.75. The molecule has 3 nitrogen and oxygen atoms in total. The quantitative estimate of drug-likeness (QED) is 0.536. The van der Waals surface area contributed by atoms with Crippen molar-refractivity contribution in [2.24, 2.45) is 17.8 Å². The number of hydrogen-bond donors (Lipinski definition) is 2. The van der Waals surface area contributed by atoms with Crippen LogP contribution in [0.1, 0.15) is 72.6 Å². The van der Waals surface area contributed by atoms with E-state index in [4.69, 9.17) is 0 Å². The van der Waals surface area contributed by atoms with Gasteiger partial charge in [-0.1, -0.05) is 47.0 Å². The van der Waals surface area contributed by atoms with Crippen LogP contribution >= 0.6 is 0 Å². The van der Waals surface area contributed by atoms with Crippen LogP contribution in [0.4, 0.5) is 0 Å². The largest absolute Gasteiger partial charge is 0.396 e. The van der Waals surface area contributed by atoms with Crippen LogP contribution < -0.4 is 5.32 Å². The first-order valence-electron chi connectivity index (χ1n) is 8.37. The van der Waals surface area contributed by atoms with E-state index >= 15 is 0 Å². The minimum absolute atomic E-state index is 0.174. The molecule has 0 aromatic heterocycles. The highest BCUT2D eigenvalue weighted by atomic mass is 16.3. The Kier molecular flexibility index (Phi) is 11.8. The van der Waals surface area contributed by atoms with Crippen LogP contribution in [0.25, 0.3) is 0 Å². The fraction of sp³-hybridized carbons (Fsp3) is 0.941. The van der Waals surface area contributed by atoms with Crippen molar-refractivity contribution in [2.75, 3.05) is 13.2 Å². The molecule has 3 heteroatoms. The third kappa shape index (κ3) is 11.3. The molecule has 0 aliphatic rings. The highest BCUT2D eigenvalue weighted by Crippen LogP contribution is 2.18. The van der Waals surface area contributed by atoms with E-state index in [-0.39, 0.29) is 12.5 Å². The number of aliphatic hydroxyl groups excluding tert-OH is 1. The first kappa shape index (κ1) is 19.4. The fourth-order valence-corrected chi connectivity index (χ4v) is 2.14. The number of hydrogen-bond acceptors (Lipinski definition) is 2. The second-order valence-electron chi connectivity index (χ2n) is 6.58. The second kappa shape index (κ2) is 12.2. The van der Waals surface area contributed by atoms with E-state index in [9.17, 15) is 9.90 Å². The van der Waals surface area contributed by atoms with Crippen LogP contribution in [-0.2, 0) is 4.79 Å². The molecule has 0 saturated heterocycles. The van der Waals surface area contributed by atoms with E-state index in [1.54, 1.807) is 0 Å². The van der Waals surface area contributed by atoms with E-state index in [1.807, 2.05) is 0 Å². The minimum Gasteiger partial charge on any atom is -0.396 e. The van der Waals surface area contributed by atoms with Crippen molar-refractivity contribution in [3.63, 3.8) is 0 Å². The van der Waals surface area contributed by atoms with Crippen molar-refractivity contribution in [3.05, 3.63) is 0 Å². The lowest BCUT2D eigenvalue weighted by Crippen LogP contribution is -2.27. The Balaban J connectivity index is 3.59. The molecular weight excluding hydrogens is 250 g/mol. The van der Waals surface area contributed by atoms with Gasteiger partial charge in [-0.3, -0.25) is 4.79 Å². The van der Waals surface area contributed by atoms with E-state index in [1.165, 1.54) is 6.42 Å². The van der Waals surface area contributed by atoms with Crippen LogP contribution in [-0.4, -0.2) is 24.2 Å². The first-order chi connectivity index (χ1) is 9.49. The SMILES string of the molecule is CCC(C)CNC(=O)CCCCC(CO)CCC(C)C. The Morgan fingerprint density at radius 2 is 1.80 bits per heavy atom. The topological polar surface area (TPSA) is 49.3 Å². The van der Waals surface area contributed by atoms with Gasteiger partial charge in [0.25, 0.3) is 0 Å². The molecule has 2 unspecified atom stereocenters. The monoisotopic (exact) mass is 285 g/mol. The minimum atomic E-state index is 0.174. The van der Waals surface area contributed by atoms with E-state index in [0.29, 0.717) is 24.2 Å². The first-order valence-corrected chi connectivity index (χ1v) is 8.37. The summed E-state index contributed by atoms with van der Waals surface area (Å²) in [6, 6.07) is 0. The molecule has 0 heterocycles. The third-order valence-electron chi connectivity index (χ3n) is 4.02. The fourth-order valence-electron chi connectivity index (χ4n) is 2.14. The van der Waals surface area contributed by atoms with Crippen molar-refractivity contribution in [1.29, 1.82) is 0 Å². The van der Waals surface area contributed by atoms with Gasteiger partial charge in [0, 0.05) is 19.6 Å². The van der Waals surface area contributed by atoms with Crippen molar-refractivity contribution in [1.82, 2.24) is 5.32 Å². The number of carbonyl (C=O) groups is 1. The maximum Gasteiger partial charge on any atom is 0.220 e. The van der Waals surface area contributed by atoms with Crippen molar-refractivity contribution < 1.29 is 9.90 Å². The molecule has 0 spiro atoms. The summed E-state index contributed by atoms with van der Waals surface area (Å²) in [5, 5.41) is 12.3. The Morgan fingerprint density at radius 1 is 1.10 bits per heavy atom. The van der Waals surface area contributed by atoms with Crippen LogP contribution in [0.15, 0.2) is 0 Å². The normalized spacial score (nSPS) is 14.3. The molecule has 1 amide bonds. The Morgan fingerprint density at radius 3 is 2.35 bits per heavy atom. The molecule has 0 rings (SSSR count). The zero-order valence-corrected chi connectivity index (χ0v) is 14.0. The van der Waals surface area contributed by atoms with Gasteiger partial charge in [-0.25, -0.2) is 0 Å². The molecule has 0 fully saturated rings. The summed E-state index contributed by atoms with van der Waals surface area (Å²) in [6.45, 7) is 9.81. The maximum absolute atomic E-state index is 11.6. The number of nitrogens with one attached hydrogen (secondary N) is 1. The van der Waals surface area contributed by atoms with Gasteiger partial charge < -0.3 is 10.4 Å². The van der Waals surface area contributed by atoms with Gasteiger partial charge in [0.05, 0.1) is 0 Å². The molecule has 0 aliphatic carbocycles. The van der Waals surface area contributed by atoms with Crippen LogP contribution in [0.2, 0.25) is 0 Å². The van der Waals surface area contributed by atoms with Gasteiger partial charge in [-0.05, 0) is 37.0 Å². The summed E-state index contributed by atoms with van der Waals surface area (Å²) in [5.74, 6) is 1.86. The Bertz CT molecular complexity index is 241. The smallest absolute Gasteiger partial charge is 0.220 e. The summed E-state index contributed by atoms with van der Waals surface area (Å²) in [6.07, 6.45) is 7.04. The predicted octanol–water partition coefficient (Wildman–Crippen LogP) is 3.75. The van der Waals surface area contributed by atoms with Gasteiger partial charge >= 0.3 is 0 Å². The van der Waals surface area contributed by atoms with Gasteiger partial charge in [-0.2, -0.15) is 0 Å². The molecular formula is C17H35NO2. The predicted molar refractivity (Wildman–Crippen MR) is 85.6 cm³/mol. The molecule has 0 aromatic carbocycles. The van der Waals surface area contributed by atoms with E-state index in [0.717, 1.165) is 38.6 Å². The third-order valence-corrected chi connectivity index (χ3v) is 4.02. The van der Waals surface area contributed by atoms with Crippen molar-refractivity contribution in [2.45, 2.75) is 72.6 Å².